The molecule has 2 heterocycles. The molecule has 0 saturated carbocycles. The molecule has 1 atom stereocenters. The van der Waals surface area contributed by atoms with E-state index in [4.69, 9.17) is 19.0 Å². The van der Waals surface area contributed by atoms with E-state index in [1.54, 1.807) is 6.92 Å². The predicted molar refractivity (Wildman–Crippen MR) is 111 cm³/mol. The first-order valence-corrected chi connectivity index (χ1v) is 11.9. The summed E-state index contributed by atoms with van der Waals surface area (Å²) < 4.78 is 37.6. The molecule has 1 amide bonds. The van der Waals surface area contributed by atoms with Gasteiger partial charge in [-0.1, -0.05) is 0 Å². The highest BCUT2D eigenvalue weighted by Crippen LogP contribution is 2.38. The van der Waals surface area contributed by atoms with E-state index in [-0.39, 0.29) is 6.61 Å². The molecule has 0 fully saturated rings. The summed E-state index contributed by atoms with van der Waals surface area (Å²) in [5.41, 5.74) is 1.23. The van der Waals surface area contributed by atoms with Crippen LogP contribution in [0.3, 0.4) is 0 Å². The zero-order valence-corrected chi connectivity index (χ0v) is 18.6. The van der Waals surface area contributed by atoms with Crippen LogP contribution >= 0.6 is 11.3 Å². The second-order valence-corrected chi connectivity index (χ2v) is 9.43. The lowest BCUT2D eigenvalue weighted by Crippen LogP contribution is -2.30. The van der Waals surface area contributed by atoms with Gasteiger partial charge in [-0.15, -0.1) is 11.3 Å². The lowest BCUT2D eigenvalue weighted by molar-refractivity contribution is -0.123. The van der Waals surface area contributed by atoms with Crippen molar-refractivity contribution < 1.29 is 36.7 Å². The Morgan fingerprint density at radius 2 is 1.94 bits per heavy atom. The second-order valence-electron chi connectivity index (χ2n) is 6.84. The standard InChI is InChI=1S/C19H22N2O8S2/c1-3-27-19(24)15-11-6-4-5-7-13(11)30-17(15)21-16(22)10(2)28-18(23)12-8-9-14(29-12)31(20,25)26/h8-10H,3-7H2,1-2H3,(H,21,22)(H2,20,25,26). The van der Waals surface area contributed by atoms with Gasteiger partial charge in [-0.25, -0.2) is 23.1 Å². The van der Waals surface area contributed by atoms with E-state index in [2.05, 4.69) is 5.32 Å². The zero-order valence-electron chi connectivity index (χ0n) is 16.9. The molecule has 31 heavy (non-hydrogen) atoms. The highest BCUT2D eigenvalue weighted by atomic mass is 32.2. The molecule has 0 bridgehead atoms. The molecule has 3 N–H and O–H groups in total. The zero-order chi connectivity index (χ0) is 22.8. The molecule has 3 rings (SSSR count). The van der Waals surface area contributed by atoms with Crippen molar-refractivity contribution in [2.45, 2.75) is 50.7 Å². The molecule has 1 aliphatic rings. The van der Waals surface area contributed by atoms with Crippen LogP contribution in [0.1, 0.15) is 58.0 Å². The molecule has 0 radical (unpaired) electrons. The summed E-state index contributed by atoms with van der Waals surface area (Å²) in [5, 5.41) is 7.34. The third-order valence-corrected chi connectivity index (χ3v) is 6.59. The van der Waals surface area contributed by atoms with Crippen LogP contribution in [0.2, 0.25) is 0 Å². The summed E-state index contributed by atoms with van der Waals surface area (Å²) in [5.74, 6) is -2.61. The van der Waals surface area contributed by atoms with Crippen LogP contribution in [0.5, 0.6) is 0 Å². The first-order chi connectivity index (χ1) is 14.6. The fourth-order valence-corrected chi connectivity index (χ4v) is 4.89. The lowest BCUT2D eigenvalue weighted by atomic mass is 9.95. The van der Waals surface area contributed by atoms with Gasteiger partial charge in [0.1, 0.15) is 5.00 Å². The number of hydrogen-bond acceptors (Lipinski definition) is 9. The van der Waals surface area contributed by atoms with Crippen LogP contribution < -0.4 is 10.5 Å². The van der Waals surface area contributed by atoms with Gasteiger partial charge in [0.2, 0.25) is 10.9 Å². The summed E-state index contributed by atoms with van der Waals surface area (Å²) in [6, 6.07) is 2.09. The van der Waals surface area contributed by atoms with Gasteiger partial charge in [-0.2, -0.15) is 0 Å². The Labute approximate surface area is 182 Å². The number of thiophene rings is 1. The Balaban J connectivity index is 1.73. The van der Waals surface area contributed by atoms with Gasteiger partial charge >= 0.3 is 11.9 Å². The van der Waals surface area contributed by atoms with E-state index < -0.39 is 44.8 Å². The van der Waals surface area contributed by atoms with E-state index in [1.807, 2.05) is 0 Å². The van der Waals surface area contributed by atoms with Gasteiger partial charge in [-0.05, 0) is 57.2 Å². The van der Waals surface area contributed by atoms with Gasteiger partial charge in [-0.3, -0.25) is 4.79 Å². The van der Waals surface area contributed by atoms with Gasteiger partial charge < -0.3 is 19.2 Å². The fraction of sp³-hybridized carbons (Fsp3) is 0.421. The van der Waals surface area contributed by atoms with Gasteiger partial charge in [0, 0.05) is 4.88 Å². The number of nitrogens with one attached hydrogen (secondary N) is 1. The number of fused-ring (bicyclic) bond motifs is 1. The van der Waals surface area contributed by atoms with Crippen LogP contribution in [-0.4, -0.2) is 39.0 Å². The van der Waals surface area contributed by atoms with Crippen molar-refractivity contribution in [2.24, 2.45) is 5.14 Å². The Hall–Kier alpha value is -2.70. The van der Waals surface area contributed by atoms with Crippen molar-refractivity contribution in [3.05, 3.63) is 33.9 Å². The average molecular weight is 471 g/mol. The number of hydrogen-bond donors (Lipinski definition) is 2. The van der Waals surface area contributed by atoms with Crippen molar-refractivity contribution in [1.29, 1.82) is 0 Å². The Morgan fingerprint density at radius 3 is 2.58 bits per heavy atom. The monoisotopic (exact) mass is 470 g/mol. The Kier molecular flexibility index (Phi) is 6.82. The molecular formula is C19H22N2O8S2. The maximum Gasteiger partial charge on any atom is 0.375 e. The molecule has 2 aromatic heterocycles. The van der Waals surface area contributed by atoms with Crippen molar-refractivity contribution >= 4 is 44.2 Å². The Bertz CT molecular complexity index is 1120. The molecule has 168 valence electrons. The third-order valence-electron chi connectivity index (χ3n) is 4.60. The quantitative estimate of drug-likeness (QED) is 0.584. The van der Waals surface area contributed by atoms with Gasteiger partial charge in [0.25, 0.3) is 15.9 Å². The summed E-state index contributed by atoms with van der Waals surface area (Å²) >= 11 is 1.31. The number of esters is 2. The first-order valence-electron chi connectivity index (χ1n) is 9.58. The molecule has 0 aliphatic heterocycles. The minimum absolute atomic E-state index is 0.203. The number of anilines is 1. The maximum atomic E-state index is 12.6. The number of amides is 1. The number of furan rings is 1. The van der Waals surface area contributed by atoms with Crippen LogP contribution in [0.15, 0.2) is 21.6 Å². The molecule has 0 saturated heterocycles. The van der Waals surface area contributed by atoms with E-state index in [0.29, 0.717) is 10.6 Å². The van der Waals surface area contributed by atoms with Crippen LogP contribution in [0.4, 0.5) is 5.00 Å². The highest BCUT2D eigenvalue weighted by molar-refractivity contribution is 7.89. The first kappa shape index (κ1) is 23.0. The molecule has 0 aromatic carbocycles. The largest absolute Gasteiger partial charge is 0.462 e. The average Bonchev–Trinajstić information content (AvgIpc) is 3.32. The van der Waals surface area contributed by atoms with E-state index in [0.717, 1.165) is 48.3 Å². The van der Waals surface area contributed by atoms with Crippen LogP contribution in [0.25, 0.3) is 0 Å². The molecule has 1 aliphatic carbocycles. The Morgan fingerprint density at radius 1 is 1.23 bits per heavy atom. The molecule has 12 heteroatoms. The molecule has 2 aromatic rings. The van der Waals surface area contributed by atoms with Crippen molar-refractivity contribution in [3.63, 3.8) is 0 Å². The van der Waals surface area contributed by atoms with Crippen molar-refractivity contribution in [3.8, 4) is 0 Å². The van der Waals surface area contributed by atoms with Gasteiger partial charge in [0.05, 0.1) is 12.2 Å². The number of carbonyl (C=O) groups is 3. The molecule has 10 nitrogen and oxygen atoms in total. The summed E-state index contributed by atoms with van der Waals surface area (Å²) in [4.78, 5) is 38.3. The van der Waals surface area contributed by atoms with Crippen LogP contribution in [-0.2, 0) is 37.1 Å². The molecular weight excluding hydrogens is 448 g/mol. The number of primary sulfonamides is 1. The molecule has 1 unspecified atom stereocenters. The summed E-state index contributed by atoms with van der Waals surface area (Å²) in [6.45, 7) is 3.25. The number of nitrogens with two attached hydrogens (primary N) is 1. The predicted octanol–water partition coefficient (Wildman–Crippen LogP) is 2.23. The topological polar surface area (TPSA) is 155 Å². The number of aryl methyl sites for hydroxylation is 1. The highest BCUT2D eigenvalue weighted by Gasteiger charge is 2.29. The second kappa shape index (κ2) is 9.20. The number of carbonyl (C=O) groups excluding carboxylic acids is 3. The van der Waals surface area contributed by atoms with Gasteiger partial charge in [0.15, 0.2) is 6.10 Å². The lowest BCUT2D eigenvalue weighted by Gasteiger charge is -2.14. The van der Waals surface area contributed by atoms with Crippen LogP contribution in [0, 0.1) is 0 Å². The maximum absolute atomic E-state index is 12.6. The van der Waals surface area contributed by atoms with Crippen molar-refractivity contribution in [2.75, 3.05) is 11.9 Å². The van der Waals surface area contributed by atoms with E-state index in [9.17, 15) is 22.8 Å². The third kappa shape index (κ3) is 5.14. The summed E-state index contributed by atoms with van der Waals surface area (Å²) in [7, 11) is -4.12. The minimum Gasteiger partial charge on any atom is -0.462 e. The SMILES string of the molecule is CCOC(=O)c1c(NC(=O)C(C)OC(=O)c2ccc(S(N)(=O)=O)o2)sc2c1CCCC2. The number of sulfonamides is 1. The van der Waals surface area contributed by atoms with Crippen molar-refractivity contribution in [1.82, 2.24) is 0 Å². The molecule has 0 spiro atoms. The summed E-state index contributed by atoms with van der Waals surface area (Å²) in [6.07, 6.45) is 2.25. The minimum atomic E-state index is -4.12. The number of ether oxygens (including phenoxy) is 2. The smallest absolute Gasteiger partial charge is 0.375 e. The fourth-order valence-electron chi connectivity index (χ4n) is 3.14. The van der Waals surface area contributed by atoms with E-state index >= 15 is 0 Å². The van der Waals surface area contributed by atoms with E-state index in [1.165, 1.54) is 18.3 Å². The normalized spacial score (nSPS) is 14.4. The number of rotatable bonds is 7.